The van der Waals surface area contributed by atoms with Crippen molar-refractivity contribution in [2.45, 2.75) is 32.4 Å². The Morgan fingerprint density at radius 2 is 1.80 bits per heavy atom. The fourth-order valence-corrected chi connectivity index (χ4v) is 4.07. The second-order valence-electron chi connectivity index (χ2n) is 7.50. The maximum Gasteiger partial charge on any atom is 0.338 e. The molecule has 158 valence electrons. The average molecular weight is 408 g/mol. The molecule has 0 radical (unpaired) electrons. The van der Waals surface area contributed by atoms with Gasteiger partial charge in [-0.1, -0.05) is 12.1 Å². The van der Waals surface area contributed by atoms with E-state index in [4.69, 9.17) is 13.9 Å². The zero-order valence-electron chi connectivity index (χ0n) is 17.5. The third kappa shape index (κ3) is 4.44. The van der Waals surface area contributed by atoms with Gasteiger partial charge in [-0.2, -0.15) is 0 Å². The first kappa shape index (κ1) is 20.3. The minimum absolute atomic E-state index is 0.328. The van der Waals surface area contributed by atoms with Crippen LogP contribution in [-0.4, -0.2) is 32.8 Å². The van der Waals surface area contributed by atoms with Crippen LogP contribution in [0.15, 0.2) is 57.7 Å². The standard InChI is InChI=1S/C24H28N2O4/c1-3-29-19-6-4-17(5-7-19)16-26(18-10-12-25-13-11-18)22-15-24(27)30-23-9-8-20(28-2)14-21(22)23/h4-9,14-15,18,25H,3,10-13,16H2,1-2H3. The fourth-order valence-electron chi connectivity index (χ4n) is 4.07. The third-order valence-electron chi connectivity index (χ3n) is 5.57. The number of nitrogens with one attached hydrogen (secondary N) is 1. The quantitative estimate of drug-likeness (QED) is 0.597. The molecule has 6 heteroatoms. The molecule has 6 nitrogen and oxygen atoms in total. The zero-order chi connectivity index (χ0) is 20.9. The number of hydrogen-bond donors (Lipinski definition) is 1. The summed E-state index contributed by atoms with van der Waals surface area (Å²) in [7, 11) is 1.64. The number of anilines is 1. The van der Waals surface area contributed by atoms with Crippen LogP contribution in [0, 0.1) is 0 Å². The molecule has 1 aliphatic rings. The van der Waals surface area contributed by atoms with Crippen molar-refractivity contribution in [3.8, 4) is 11.5 Å². The summed E-state index contributed by atoms with van der Waals surface area (Å²) in [5.41, 5.74) is 2.29. The van der Waals surface area contributed by atoms with Gasteiger partial charge in [-0.25, -0.2) is 4.79 Å². The van der Waals surface area contributed by atoms with Crippen molar-refractivity contribution in [3.63, 3.8) is 0 Å². The van der Waals surface area contributed by atoms with Crippen molar-refractivity contribution in [2.75, 3.05) is 31.7 Å². The molecule has 2 heterocycles. The van der Waals surface area contributed by atoms with Crippen molar-refractivity contribution < 1.29 is 13.9 Å². The molecule has 0 atom stereocenters. The molecule has 1 aliphatic heterocycles. The molecule has 1 fully saturated rings. The van der Waals surface area contributed by atoms with Crippen molar-refractivity contribution in [1.82, 2.24) is 5.32 Å². The second kappa shape index (κ2) is 9.22. The summed E-state index contributed by atoms with van der Waals surface area (Å²) in [5.74, 6) is 1.61. The first-order chi connectivity index (χ1) is 14.7. The number of nitrogens with zero attached hydrogens (tertiary/aromatic N) is 1. The summed E-state index contributed by atoms with van der Waals surface area (Å²) in [6.07, 6.45) is 2.03. The molecule has 1 saturated heterocycles. The predicted molar refractivity (Wildman–Crippen MR) is 119 cm³/mol. The summed E-state index contributed by atoms with van der Waals surface area (Å²) in [5, 5.41) is 4.32. The van der Waals surface area contributed by atoms with Crippen LogP contribution in [0.3, 0.4) is 0 Å². The highest BCUT2D eigenvalue weighted by molar-refractivity contribution is 5.91. The molecule has 30 heavy (non-hydrogen) atoms. The average Bonchev–Trinajstić information content (AvgIpc) is 2.78. The van der Waals surface area contributed by atoms with Crippen molar-refractivity contribution >= 4 is 16.7 Å². The normalized spacial score (nSPS) is 14.6. The number of methoxy groups -OCH3 is 1. The Morgan fingerprint density at radius 3 is 2.50 bits per heavy atom. The lowest BCUT2D eigenvalue weighted by Crippen LogP contribution is -2.43. The monoisotopic (exact) mass is 408 g/mol. The third-order valence-corrected chi connectivity index (χ3v) is 5.57. The van der Waals surface area contributed by atoms with Gasteiger partial charge in [0.15, 0.2) is 0 Å². The highest BCUT2D eigenvalue weighted by Crippen LogP contribution is 2.33. The highest BCUT2D eigenvalue weighted by Gasteiger charge is 2.24. The summed E-state index contributed by atoms with van der Waals surface area (Å²) in [4.78, 5) is 14.7. The van der Waals surface area contributed by atoms with Crippen LogP contribution in [0.25, 0.3) is 11.0 Å². The van der Waals surface area contributed by atoms with Crippen molar-refractivity contribution in [2.24, 2.45) is 0 Å². The smallest absolute Gasteiger partial charge is 0.338 e. The lowest BCUT2D eigenvalue weighted by molar-refractivity contribution is 0.340. The Kier molecular flexibility index (Phi) is 6.23. The maximum atomic E-state index is 12.4. The topological polar surface area (TPSA) is 63.9 Å². The van der Waals surface area contributed by atoms with E-state index in [1.807, 2.05) is 31.2 Å². The first-order valence-electron chi connectivity index (χ1n) is 10.5. The van der Waals surface area contributed by atoms with Gasteiger partial charge in [-0.05, 0) is 68.8 Å². The van der Waals surface area contributed by atoms with E-state index < -0.39 is 0 Å². The predicted octanol–water partition coefficient (Wildman–Crippen LogP) is 3.96. The molecular formula is C24H28N2O4. The van der Waals surface area contributed by atoms with Crippen LogP contribution in [0.4, 0.5) is 5.69 Å². The van der Waals surface area contributed by atoms with E-state index in [2.05, 4.69) is 22.3 Å². The maximum absolute atomic E-state index is 12.4. The second-order valence-corrected chi connectivity index (χ2v) is 7.50. The van der Waals surface area contributed by atoms with Gasteiger partial charge in [-0.15, -0.1) is 0 Å². The number of piperidine rings is 1. The van der Waals surface area contributed by atoms with E-state index in [9.17, 15) is 4.79 Å². The molecule has 1 aromatic heterocycles. The highest BCUT2D eigenvalue weighted by atomic mass is 16.5. The summed E-state index contributed by atoms with van der Waals surface area (Å²) >= 11 is 0. The molecule has 3 aromatic rings. The van der Waals surface area contributed by atoms with Gasteiger partial charge >= 0.3 is 5.63 Å². The molecule has 0 amide bonds. The summed E-state index contributed by atoms with van der Waals surface area (Å²) < 4.78 is 16.5. The molecule has 0 saturated carbocycles. The molecule has 2 aromatic carbocycles. The Hall–Kier alpha value is -2.99. The van der Waals surface area contributed by atoms with Gasteiger partial charge in [0, 0.05) is 24.0 Å². The van der Waals surface area contributed by atoms with Crippen LogP contribution < -0.4 is 25.3 Å². The molecule has 0 bridgehead atoms. The van der Waals surface area contributed by atoms with Gasteiger partial charge in [0.2, 0.25) is 0 Å². The zero-order valence-corrected chi connectivity index (χ0v) is 17.5. The number of ether oxygens (including phenoxy) is 2. The van der Waals surface area contributed by atoms with Crippen LogP contribution in [-0.2, 0) is 6.54 Å². The lowest BCUT2D eigenvalue weighted by atomic mass is 10.0. The Morgan fingerprint density at radius 1 is 1.07 bits per heavy atom. The van der Waals surface area contributed by atoms with E-state index in [1.165, 1.54) is 5.56 Å². The molecule has 0 aliphatic carbocycles. The van der Waals surface area contributed by atoms with E-state index in [0.717, 1.165) is 48.5 Å². The molecule has 1 N–H and O–H groups in total. The van der Waals surface area contributed by atoms with Gasteiger partial charge < -0.3 is 24.1 Å². The van der Waals surface area contributed by atoms with Crippen LogP contribution in [0.2, 0.25) is 0 Å². The Balaban J connectivity index is 1.76. The SMILES string of the molecule is CCOc1ccc(CN(c2cc(=O)oc3ccc(OC)cc23)C2CCNCC2)cc1. The van der Waals surface area contributed by atoms with Gasteiger partial charge in [-0.3, -0.25) is 0 Å². The number of benzene rings is 2. The van der Waals surface area contributed by atoms with E-state index in [1.54, 1.807) is 19.2 Å². The number of hydrogen-bond acceptors (Lipinski definition) is 6. The minimum atomic E-state index is -0.340. The van der Waals surface area contributed by atoms with E-state index in [0.29, 0.717) is 24.8 Å². The van der Waals surface area contributed by atoms with Gasteiger partial charge in [0.05, 0.1) is 19.4 Å². The number of fused-ring (bicyclic) bond motifs is 1. The van der Waals surface area contributed by atoms with Gasteiger partial charge in [0.1, 0.15) is 17.1 Å². The van der Waals surface area contributed by atoms with E-state index in [-0.39, 0.29) is 5.63 Å². The summed E-state index contributed by atoms with van der Waals surface area (Å²) in [6, 6.07) is 15.7. The first-order valence-corrected chi connectivity index (χ1v) is 10.5. The van der Waals surface area contributed by atoms with E-state index >= 15 is 0 Å². The summed E-state index contributed by atoms with van der Waals surface area (Å²) in [6.45, 7) is 5.26. The lowest BCUT2D eigenvalue weighted by Gasteiger charge is -2.37. The van der Waals surface area contributed by atoms with Crippen molar-refractivity contribution in [1.29, 1.82) is 0 Å². The van der Waals surface area contributed by atoms with Crippen LogP contribution in [0.5, 0.6) is 11.5 Å². The Labute approximate surface area is 176 Å². The molecule has 0 unspecified atom stereocenters. The minimum Gasteiger partial charge on any atom is -0.497 e. The van der Waals surface area contributed by atoms with Crippen molar-refractivity contribution in [3.05, 3.63) is 64.5 Å². The van der Waals surface area contributed by atoms with Crippen LogP contribution in [0.1, 0.15) is 25.3 Å². The fraction of sp³-hybridized carbons (Fsp3) is 0.375. The largest absolute Gasteiger partial charge is 0.497 e. The number of rotatable bonds is 7. The molecule has 4 rings (SSSR count). The molecular weight excluding hydrogens is 380 g/mol. The molecule has 0 spiro atoms. The van der Waals surface area contributed by atoms with Gasteiger partial charge in [0.25, 0.3) is 0 Å². The van der Waals surface area contributed by atoms with Crippen LogP contribution >= 0.6 is 0 Å². The Bertz CT molecular complexity index is 1040.